The summed E-state index contributed by atoms with van der Waals surface area (Å²) in [6.07, 6.45) is -0.798. The molecule has 1 N–H and O–H groups in total. The van der Waals surface area contributed by atoms with E-state index in [4.69, 9.17) is 0 Å². The highest BCUT2D eigenvalue weighted by Gasteiger charge is 2.29. The molecule has 0 amide bonds. The first kappa shape index (κ1) is 13.7. The lowest BCUT2D eigenvalue weighted by molar-refractivity contribution is -0.131. The van der Waals surface area contributed by atoms with Crippen molar-refractivity contribution in [3.8, 4) is 0 Å². The second-order valence-corrected chi connectivity index (χ2v) is 6.00. The molecular weight excluding hydrogens is 240 g/mol. The number of Topliss-reactive ketones (excluding diaryl/α,β-unsaturated/α-hetero) is 1. The van der Waals surface area contributed by atoms with Gasteiger partial charge in [0.15, 0.2) is 5.78 Å². The van der Waals surface area contributed by atoms with Gasteiger partial charge in [-0.1, -0.05) is 39.0 Å². The number of ketones is 1. The Balaban J connectivity index is 2.30. The summed E-state index contributed by atoms with van der Waals surface area (Å²) >= 11 is 0. The lowest BCUT2D eigenvalue weighted by atomic mass is 9.85. The number of para-hydroxylation sites is 1. The zero-order valence-corrected chi connectivity index (χ0v) is 11.8. The Labute approximate surface area is 113 Å². The summed E-state index contributed by atoms with van der Waals surface area (Å²) in [5.41, 5.74) is 1.28. The van der Waals surface area contributed by atoms with E-state index < -0.39 is 11.5 Å². The number of fused-ring (bicyclic) bond motifs is 1. The minimum Gasteiger partial charge on any atom is -0.385 e. The van der Waals surface area contributed by atoms with Crippen LogP contribution in [0.5, 0.6) is 0 Å². The van der Waals surface area contributed by atoms with Crippen LogP contribution in [-0.4, -0.2) is 26.8 Å². The van der Waals surface area contributed by atoms with Crippen LogP contribution < -0.4 is 0 Å². The quantitative estimate of drug-likeness (QED) is 0.919. The van der Waals surface area contributed by atoms with Crippen molar-refractivity contribution in [1.29, 1.82) is 0 Å². The first-order chi connectivity index (χ1) is 8.80. The van der Waals surface area contributed by atoms with Crippen molar-refractivity contribution in [2.24, 2.45) is 12.5 Å². The van der Waals surface area contributed by atoms with Crippen LogP contribution in [0, 0.1) is 5.41 Å². The van der Waals surface area contributed by atoms with E-state index in [0.717, 1.165) is 16.6 Å². The Hall–Kier alpha value is -1.68. The number of aryl methyl sites for hydroxylation is 1. The fourth-order valence-corrected chi connectivity index (χ4v) is 2.16. The largest absolute Gasteiger partial charge is 0.385 e. The molecule has 0 fully saturated rings. The van der Waals surface area contributed by atoms with E-state index in [0.29, 0.717) is 0 Å². The number of aliphatic hydroxyl groups is 1. The molecule has 0 saturated heterocycles. The van der Waals surface area contributed by atoms with Gasteiger partial charge in [-0.15, -0.1) is 0 Å². The molecule has 0 aliphatic heterocycles. The van der Waals surface area contributed by atoms with Gasteiger partial charge in [-0.3, -0.25) is 9.48 Å². The van der Waals surface area contributed by atoms with Gasteiger partial charge in [-0.25, -0.2) is 0 Å². The normalized spacial score (nSPS) is 13.7. The van der Waals surface area contributed by atoms with Crippen LogP contribution in [-0.2, 0) is 18.3 Å². The highest BCUT2D eigenvalue weighted by atomic mass is 16.3. The predicted molar refractivity (Wildman–Crippen MR) is 74.9 cm³/mol. The van der Waals surface area contributed by atoms with Crippen LogP contribution in [0.3, 0.4) is 0 Å². The second-order valence-electron chi connectivity index (χ2n) is 6.00. The molecule has 102 valence electrons. The first-order valence-corrected chi connectivity index (χ1v) is 6.42. The van der Waals surface area contributed by atoms with Crippen LogP contribution in [0.15, 0.2) is 24.3 Å². The summed E-state index contributed by atoms with van der Waals surface area (Å²) in [6.45, 7) is 5.56. The molecule has 0 spiro atoms. The minimum absolute atomic E-state index is 0.166. The number of nitrogens with zero attached hydrogens (tertiary/aromatic N) is 2. The number of rotatable bonds is 3. The highest BCUT2D eigenvalue weighted by Crippen LogP contribution is 2.23. The van der Waals surface area contributed by atoms with Crippen LogP contribution >= 0.6 is 0 Å². The number of hydrogen-bond acceptors (Lipinski definition) is 3. The van der Waals surface area contributed by atoms with Crippen LogP contribution in [0.4, 0.5) is 0 Å². The highest BCUT2D eigenvalue weighted by molar-refractivity contribution is 5.90. The van der Waals surface area contributed by atoms with Crippen molar-refractivity contribution in [2.45, 2.75) is 33.3 Å². The van der Waals surface area contributed by atoms with Crippen LogP contribution in [0.2, 0.25) is 0 Å². The van der Waals surface area contributed by atoms with Gasteiger partial charge in [0.2, 0.25) is 0 Å². The molecule has 2 aromatic rings. The van der Waals surface area contributed by atoms with Crippen molar-refractivity contribution in [3.05, 3.63) is 30.0 Å². The van der Waals surface area contributed by atoms with Crippen molar-refractivity contribution in [2.75, 3.05) is 0 Å². The molecule has 0 saturated carbocycles. The fraction of sp³-hybridized carbons (Fsp3) is 0.467. The van der Waals surface area contributed by atoms with E-state index in [9.17, 15) is 9.90 Å². The molecule has 0 bridgehead atoms. The summed E-state index contributed by atoms with van der Waals surface area (Å²) in [6, 6.07) is 7.79. The lowest BCUT2D eigenvalue weighted by Crippen LogP contribution is -2.35. The van der Waals surface area contributed by atoms with Crippen molar-refractivity contribution in [1.82, 2.24) is 9.78 Å². The summed E-state index contributed by atoms with van der Waals surface area (Å²) < 4.78 is 1.77. The summed E-state index contributed by atoms with van der Waals surface area (Å²) in [4.78, 5) is 12.1. The van der Waals surface area contributed by atoms with Crippen LogP contribution in [0.1, 0.15) is 26.5 Å². The molecule has 1 aromatic heterocycles. The van der Waals surface area contributed by atoms with Gasteiger partial charge in [0.25, 0.3) is 0 Å². The Morgan fingerprint density at radius 3 is 2.63 bits per heavy atom. The Bertz CT molecular complexity index is 608. The molecule has 4 nitrogen and oxygen atoms in total. The monoisotopic (exact) mass is 260 g/mol. The van der Waals surface area contributed by atoms with Gasteiger partial charge in [0.1, 0.15) is 6.10 Å². The third-order valence-electron chi connectivity index (χ3n) is 3.30. The second kappa shape index (κ2) is 4.78. The molecule has 0 aliphatic carbocycles. The van der Waals surface area contributed by atoms with Crippen molar-refractivity contribution in [3.63, 3.8) is 0 Å². The van der Waals surface area contributed by atoms with E-state index in [2.05, 4.69) is 5.10 Å². The third-order valence-corrected chi connectivity index (χ3v) is 3.30. The minimum atomic E-state index is -0.965. The van der Waals surface area contributed by atoms with Gasteiger partial charge < -0.3 is 5.11 Å². The molecule has 2 rings (SSSR count). The molecule has 4 heteroatoms. The SMILES string of the molecule is Cn1nc(CC(=O)C(O)C(C)(C)C)c2ccccc21. The van der Waals surface area contributed by atoms with E-state index >= 15 is 0 Å². The van der Waals surface area contributed by atoms with E-state index in [1.807, 2.05) is 52.1 Å². The molecule has 1 aromatic carbocycles. The van der Waals surface area contributed by atoms with Gasteiger partial charge in [0.05, 0.1) is 17.6 Å². The van der Waals surface area contributed by atoms with E-state index in [1.54, 1.807) is 4.68 Å². The Morgan fingerprint density at radius 1 is 1.37 bits per heavy atom. The number of benzene rings is 1. The molecule has 1 atom stereocenters. The van der Waals surface area contributed by atoms with Crippen molar-refractivity contribution < 1.29 is 9.90 Å². The van der Waals surface area contributed by atoms with Gasteiger partial charge in [-0.2, -0.15) is 5.10 Å². The Kier molecular flexibility index (Phi) is 3.45. The fourth-order valence-electron chi connectivity index (χ4n) is 2.16. The van der Waals surface area contributed by atoms with Gasteiger partial charge >= 0.3 is 0 Å². The summed E-state index contributed by atoms with van der Waals surface area (Å²) in [5, 5.41) is 15.4. The summed E-state index contributed by atoms with van der Waals surface area (Å²) in [5.74, 6) is -0.184. The number of carbonyl (C=O) groups is 1. The zero-order chi connectivity index (χ0) is 14.2. The number of aromatic nitrogens is 2. The third kappa shape index (κ3) is 2.68. The molecular formula is C15H20N2O2. The van der Waals surface area contributed by atoms with E-state index in [-0.39, 0.29) is 12.2 Å². The van der Waals surface area contributed by atoms with Gasteiger partial charge in [0, 0.05) is 12.4 Å². The molecule has 1 heterocycles. The van der Waals surface area contributed by atoms with E-state index in [1.165, 1.54) is 0 Å². The smallest absolute Gasteiger partial charge is 0.167 e. The maximum atomic E-state index is 12.1. The predicted octanol–water partition coefficient (Wildman–Crippen LogP) is 2.09. The average Bonchev–Trinajstić information content (AvgIpc) is 2.65. The first-order valence-electron chi connectivity index (χ1n) is 6.42. The van der Waals surface area contributed by atoms with Crippen LogP contribution in [0.25, 0.3) is 10.9 Å². The molecule has 1 unspecified atom stereocenters. The number of carbonyl (C=O) groups excluding carboxylic acids is 1. The lowest BCUT2D eigenvalue weighted by Gasteiger charge is -2.24. The average molecular weight is 260 g/mol. The maximum Gasteiger partial charge on any atom is 0.167 e. The zero-order valence-electron chi connectivity index (χ0n) is 11.8. The number of aliphatic hydroxyl groups excluding tert-OH is 1. The Morgan fingerprint density at radius 2 is 2.00 bits per heavy atom. The molecule has 0 radical (unpaired) electrons. The maximum absolute atomic E-state index is 12.1. The number of hydrogen-bond donors (Lipinski definition) is 1. The standard InChI is InChI=1S/C15H20N2O2/c1-15(2,3)14(19)13(18)9-11-10-7-5-6-8-12(10)17(4)16-11/h5-8,14,19H,9H2,1-4H3. The molecule has 0 aliphatic rings. The topological polar surface area (TPSA) is 55.1 Å². The van der Waals surface area contributed by atoms with Crippen molar-refractivity contribution >= 4 is 16.7 Å². The summed E-state index contributed by atoms with van der Waals surface area (Å²) in [7, 11) is 1.86. The molecule has 19 heavy (non-hydrogen) atoms. The van der Waals surface area contributed by atoms with Gasteiger partial charge in [-0.05, 0) is 11.5 Å².